The van der Waals surface area contributed by atoms with Gasteiger partial charge in [0.25, 0.3) is 12.2 Å². The number of benzene rings is 1. The summed E-state index contributed by atoms with van der Waals surface area (Å²) < 4.78 is 29.2. The normalized spacial score (nSPS) is 18.0. The van der Waals surface area contributed by atoms with Gasteiger partial charge in [-0.25, -0.2) is 21.1 Å². The van der Waals surface area contributed by atoms with E-state index in [1.54, 1.807) is 33.9 Å². The fraction of sp³-hybridized carbons (Fsp3) is 0.345. The van der Waals surface area contributed by atoms with Crippen LogP contribution in [0.1, 0.15) is 40.7 Å². The van der Waals surface area contributed by atoms with Gasteiger partial charge in [-0.2, -0.15) is 10.2 Å². The highest BCUT2D eigenvalue weighted by molar-refractivity contribution is 6.29. The lowest BCUT2D eigenvalue weighted by molar-refractivity contribution is 0.351. The zero-order chi connectivity index (χ0) is 30.6. The summed E-state index contributed by atoms with van der Waals surface area (Å²) in [5.41, 5.74) is 3.47. The maximum absolute atomic E-state index is 14.0. The van der Waals surface area contributed by atoms with E-state index in [0.29, 0.717) is 46.5 Å². The molecule has 1 N–H and O–H groups in total. The van der Waals surface area contributed by atoms with Gasteiger partial charge < -0.3 is 5.32 Å². The minimum absolute atomic E-state index is 0.170. The van der Waals surface area contributed by atoms with Crippen LogP contribution in [0.2, 0.25) is 5.15 Å². The molecule has 6 rings (SSSR count). The molecule has 5 aromatic rings. The molecule has 40 heavy (non-hydrogen) atoms. The van der Waals surface area contributed by atoms with Gasteiger partial charge in [0.2, 0.25) is 0 Å². The molecule has 0 radical (unpaired) electrons. The summed E-state index contributed by atoms with van der Waals surface area (Å²) in [5.74, 6) is 0. The number of hydrogen-bond donors (Lipinski definition) is 1. The Morgan fingerprint density at radius 1 is 1.27 bits per heavy atom. The lowest BCUT2D eigenvalue weighted by Crippen LogP contribution is -2.24. The molecular formula is C29H30ClN9O. The van der Waals surface area contributed by atoms with Crippen LogP contribution < -0.4 is 10.9 Å². The van der Waals surface area contributed by atoms with Gasteiger partial charge in [0.05, 0.1) is 29.8 Å². The summed E-state index contributed by atoms with van der Waals surface area (Å²) >= 11 is 6.27. The predicted octanol–water partition coefficient (Wildman–Crippen LogP) is 4.94. The number of anilines is 1. The van der Waals surface area contributed by atoms with Crippen molar-refractivity contribution in [3.63, 3.8) is 0 Å². The first-order valence-electron chi connectivity index (χ1n) is 14.5. The molecule has 204 valence electrons. The molecule has 1 aromatic carbocycles. The molecule has 1 saturated heterocycles. The molecule has 2 atom stereocenters. The second kappa shape index (κ2) is 10.1. The summed E-state index contributed by atoms with van der Waals surface area (Å²) in [6.07, 6.45) is 5.92. The van der Waals surface area contributed by atoms with E-state index in [9.17, 15) is 4.79 Å². The van der Waals surface area contributed by atoms with Crippen molar-refractivity contribution in [1.82, 2.24) is 34.0 Å². The number of hydrogen-bond acceptors (Lipinski definition) is 6. The smallest absolute Gasteiger partial charge is 0.270 e. The Balaban J connectivity index is 1.54. The maximum Gasteiger partial charge on any atom is 0.270 e. The van der Waals surface area contributed by atoms with Crippen molar-refractivity contribution >= 4 is 39.1 Å². The summed E-state index contributed by atoms with van der Waals surface area (Å²) in [5, 5.41) is 14.4. The lowest BCUT2D eigenvalue weighted by Gasteiger charge is -2.21. The quantitative estimate of drug-likeness (QED) is 0.234. The van der Waals surface area contributed by atoms with E-state index >= 15 is 0 Å². The number of rotatable bonds is 6. The number of nitrogens with one attached hydrogen (secondary N) is 1. The molecule has 5 heterocycles. The molecule has 0 bridgehead atoms. The first-order valence-corrected chi connectivity index (χ1v) is 13.4. The Morgan fingerprint density at radius 2 is 2.12 bits per heavy atom. The van der Waals surface area contributed by atoms with Gasteiger partial charge in [0.1, 0.15) is 10.8 Å². The molecule has 2 unspecified atom stereocenters. The largest absolute Gasteiger partial charge is 0.377 e. The van der Waals surface area contributed by atoms with Crippen molar-refractivity contribution in [3.8, 4) is 11.3 Å². The van der Waals surface area contributed by atoms with E-state index in [0.717, 1.165) is 26.9 Å². The van der Waals surface area contributed by atoms with Gasteiger partial charge in [0, 0.05) is 65.2 Å². The number of fused-ring (bicyclic) bond motifs is 3. The maximum atomic E-state index is 14.0. The number of halogens is 1. The zero-order valence-corrected chi connectivity index (χ0v) is 23.1. The zero-order valence-electron chi connectivity index (χ0n) is 25.4. The third-order valence-electron chi connectivity index (χ3n) is 7.54. The van der Waals surface area contributed by atoms with Gasteiger partial charge in [-0.1, -0.05) is 17.7 Å². The van der Waals surface area contributed by atoms with Crippen LogP contribution in [-0.2, 0) is 14.0 Å². The van der Waals surface area contributed by atoms with Gasteiger partial charge in [0.15, 0.2) is 0 Å². The van der Waals surface area contributed by atoms with Crippen LogP contribution in [0.15, 0.2) is 47.7 Å². The lowest BCUT2D eigenvalue weighted by atomic mass is 9.95. The molecule has 0 saturated carbocycles. The average molecular weight is 559 g/mol. The first kappa shape index (κ1) is 22.6. The minimum atomic E-state index is -2.72. The Labute approximate surface area is 240 Å². The van der Waals surface area contributed by atoms with Crippen LogP contribution in [0.5, 0.6) is 0 Å². The van der Waals surface area contributed by atoms with E-state index < -0.39 is 12.5 Å². The van der Waals surface area contributed by atoms with E-state index in [4.69, 9.17) is 22.3 Å². The average Bonchev–Trinajstić information content (AvgIpc) is 3.69. The number of likely N-dealkylation sites (tertiary alicyclic amines) is 1. The Hall–Kier alpha value is -4.20. The third kappa shape index (κ3) is 4.41. The van der Waals surface area contributed by atoms with Crippen LogP contribution in [0.25, 0.3) is 37.9 Å². The molecule has 0 spiro atoms. The third-order valence-corrected chi connectivity index (χ3v) is 7.75. The van der Waals surface area contributed by atoms with Gasteiger partial charge >= 0.3 is 0 Å². The van der Waals surface area contributed by atoms with Crippen LogP contribution >= 0.6 is 11.6 Å². The Morgan fingerprint density at radius 3 is 2.88 bits per heavy atom. The van der Waals surface area contributed by atoms with E-state index in [-0.39, 0.29) is 24.4 Å². The molecule has 10 nitrogen and oxygen atoms in total. The van der Waals surface area contributed by atoms with Crippen molar-refractivity contribution in [1.29, 1.82) is 0 Å². The van der Waals surface area contributed by atoms with Gasteiger partial charge in [-0.3, -0.25) is 18.9 Å². The van der Waals surface area contributed by atoms with Gasteiger partial charge in [-0.05, 0) is 49.6 Å². The van der Waals surface area contributed by atoms with Crippen molar-refractivity contribution in [2.45, 2.75) is 32.4 Å². The topological polar surface area (TPSA) is 90.2 Å². The summed E-state index contributed by atoms with van der Waals surface area (Å²) in [6, 6.07) is 6.82. The van der Waals surface area contributed by atoms with Crippen LogP contribution in [0, 0.1) is 13.5 Å². The number of aryl methyl sites for hydroxylation is 3. The van der Waals surface area contributed by atoms with Gasteiger partial charge in [-0.15, -0.1) is 0 Å². The van der Waals surface area contributed by atoms with Crippen LogP contribution in [0.3, 0.4) is 0 Å². The number of pyridine rings is 2. The van der Waals surface area contributed by atoms with Crippen LogP contribution in [-0.4, -0.2) is 53.8 Å². The monoisotopic (exact) mass is 558 g/mol. The molecule has 0 aliphatic carbocycles. The van der Waals surface area contributed by atoms with E-state index in [1.165, 1.54) is 0 Å². The molecule has 11 heteroatoms. The second-order valence-electron chi connectivity index (χ2n) is 10.4. The molecular weight excluding hydrogens is 526 g/mol. The standard InChI is InChI=1S/C29H30ClN9O/c1-17-10-21(18(2)34-24-6-7-25(30)35-27(24)19-12-32-36(4)14-19)26-22(11-17)29(40)37(5)28-23(26)13-33-39(28)20-8-9-38(15-20)16-31-3/h6-7,10-14,18,20,34H,8-9,15-16H2,1-2,4-5H3/i5D3. The summed E-state index contributed by atoms with van der Waals surface area (Å²) in [7, 11) is 1.83. The highest BCUT2D eigenvalue weighted by Crippen LogP contribution is 2.36. The highest BCUT2D eigenvalue weighted by atomic mass is 35.5. The first-order chi connectivity index (χ1) is 20.5. The summed E-state index contributed by atoms with van der Waals surface area (Å²) in [6.45, 7) is 9.88. The molecule has 1 aliphatic heterocycles. The minimum Gasteiger partial charge on any atom is -0.377 e. The summed E-state index contributed by atoms with van der Waals surface area (Å²) in [4.78, 5) is 24.1. The van der Waals surface area contributed by atoms with Crippen molar-refractivity contribution in [2.75, 3.05) is 25.1 Å². The van der Waals surface area contributed by atoms with Crippen LogP contribution in [0.4, 0.5) is 5.69 Å². The van der Waals surface area contributed by atoms with E-state index in [2.05, 4.69) is 25.3 Å². The van der Waals surface area contributed by atoms with Crippen molar-refractivity contribution < 1.29 is 4.11 Å². The molecule has 4 aromatic heterocycles. The molecule has 1 aliphatic rings. The predicted molar refractivity (Wildman–Crippen MR) is 157 cm³/mol. The van der Waals surface area contributed by atoms with E-state index in [1.807, 2.05) is 44.1 Å². The SMILES string of the molecule is [2H]C([2H])([2H])n1c(=O)c2cc(C)cc(C(C)Nc3ccc(Cl)nc3-c3cnn(C)c3)c2c2cnn(C3CCN(C[N+]#[C-])C3)c21. The fourth-order valence-electron chi connectivity index (χ4n) is 5.73. The Kier molecular flexibility index (Phi) is 5.70. The second-order valence-corrected chi connectivity index (χ2v) is 10.7. The number of nitrogens with zero attached hydrogens (tertiary/aromatic N) is 8. The Bertz CT molecular complexity index is 1970. The van der Waals surface area contributed by atoms with Crippen molar-refractivity contribution in [2.24, 2.45) is 14.0 Å². The molecule has 1 fully saturated rings. The fourth-order valence-corrected chi connectivity index (χ4v) is 5.88. The molecule has 0 amide bonds. The van der Waals surface area contributed by atoms with Crippen molar-refractivity contribution in [3.05, 3.63) is 80.9 Å². The number of aromatic nitrogens is 6. The highest BCUT2D eigenvalue weighted by Gasteiger charge is 2.29.